The molecule has 1 fully saturated rings. The van der Waals surface area contributed by atoms with Crippen molar-refractivity contribution < 1.29 is 9.63 Å². The maximum absolute atomic E-state index is 13.4. The molecule has 0 radical (unpaired) electrons. The summed E-state index contributed by atoms with van der Waals surface area (Å²) in [5.41, 5.74) is 3.02. The lowest BCUT2D eigenvalue weighted by molar-refractivity contribution is -0.154. The summed E-state index contributed by atoms with van der Waals surface area (Å²) in [4.78, 5) is 26.0. The minimum absolute atomic E-state index is 0.0145. The number of benzene rings is 2. The molecule has 0 N–H and O–H groups in total. The topological polar surface area (TPSA) is 59.7 Å². The van der Waals surface area contributed by atoms with Crippen molar-refractivity contribution in [2.24, 2.45) is 12.2 Å². The van der Waals surface area contributed by atoms with E-state index in [0.29, 0.717) is 13.0 Å². The van der Waals surface area contributed by atoms with Gasteiger partial charge in [-0.3, -0.25) is 4.79 Å². The number of hydrogen-bond acceptors (Lipinski definition) is 4. The summed E-state index contributed by atoms with van der Waals surface area (Å²) >= 11 is 0. The number of oxime groups is 1. The number of aromatic nitrogens is 2. The van der Waals surface area contributed by atoms with Gasteiger partial charge in [-0.1, -0.05) is 47.6 Å². The molecule has 1 amide bonds. The smallest absolute Gasteiger partial charge is 0.269 e. The summed E-state index contributed by atoms with van der Waals surface area (Å²) < 4.78 is 2.17. The monoisotopic (exact) mass is 402 g/mol. The highest BCUT2D eigenvalue weighted by Gasteiger charge is 2.45. The van der Waals surface area contributed by atoms with Crippen LogP contribution in [-0.2, 0) is 16.7 Å². The molecule has 2 aromatic carbocycles. The van der Waals surface area contributed by atoms with Gasteiger partial charge in [0.25, 0.3) is 5.91 Å². The van der Waals surface area contributed by atoms with Gasteiger partial charge in [0.1, 0.15) is 5.82 Å². The van der Waals surface area contributed by atoms with Gasteiger partial charge in [-0.2, -0.15) is 0 Å². The molecule has 5 rings (SSSR count). The van der Waals surface area contributed by atoms with Crippen LogP contribution < -0.4 is 0 Å². The van der Waals surface area contributed by atoms with E-state index in [0.717, 1.165) is 47.5 Å². The third-order valence-electron chi connectivity index (χ3n) is 6.32. The fraction of sp³-hybridized carbons (Fsp3) is 0.375. The molecule has 1 aromatic heterocycles. The van der Waals surface area contributed by atoms with Crippen LogP contribution in [0.4, 0.5) is 0 Å². The number of aryl methyl sites for hydroxylation is 1. The van der Waals surface area contributed by atoms with Gasteiger partial charge in [0.05, 0.1) is 16.7 Å². The predicted molar refractivity (Wildman–Crippen MR) is 116 cm³/mol. The van der Waals surface area contributed by atoms with Crippen molar-refractivity contribution in [1.82, 2.24) is 14.5 Å². The summed E-state index contributed by atoms with van der Waals surface area (Å²) in [6.07, 6.45) is 2.48. The molecule has 2 aliphatic rings. The number of fused-ring (bicyclic) bond motifs is 1. The first-order valence-corrected chi connectivity index (χ1v) is 10.6. The van der Waals surface area contributed by atoms with Crippen LogP contribution in [0.5, 0.6) is 0 Å². The molecule has 0 saturated carbocycles. The number of likely N-dealkylation sites (tertiary alicyclic amines) is 1. The predicted octanol–water partition coefficient (Wildman–Crippen LogP) is 3.86. The minimum atomic E-state index is -0.945. The molecular formula is C24H26N4O2. The maximum Gasteiger partial charge on any atom is 0.269 e. The molecule has 6 heteroatoms. The quantitative estimate of drug-likeness (QED) is 0.668. The Morgan fingerprint density at radius 3 is 2.70 bits per heavy atom. The Hall–Kier alpha value is -3.15. The van der Waals surface area contributed by atoms with Crippen LogP contribution in [0.3, 0.4) is 0 Å². The van der Waals surface area contributed by atoms with E-state index in [1.807, 2.05) is 60.4 Å². The number of rotatable bonds is 3. The average molecular weight is 402 g/mol. The van der Waals surface area contributed by atoms with Crippen molar-refractivity contribution in [3.8, 4) is 0 Å². The zero-order chi connectivity index (χ0) is 20.7. The lowest BCUT2D eigenvalue weighted by atomic mass is 9.91. The molecule has 0 spiro atoms. The van der Waals surface area contributed by atoms with Crippen molar-refractivity contribution in [3.63, 3.8) is 0 Å². The number of carbonyl (C=O) groups excluding carboxylic acids is 1. The van der Waals surface area contributed by atoms with E-state index >= 15 is 0 Å². The summed E-state index contributed by atoms with van der Waals surface area (Å²) in [5, 5.41) is 4.25. The number of carbonyl (C=O) groups is 1. The van der Waals surface area contributed by atoms with Crippen molar-refractivity contribution in [1.29, 1.82) is 0 Å². The van der Waals surface area contributed by atoms with Crippen LogP contribution in [0.2, 0.25) is 0 Å². The highest BCUT2D eigenvalue weighted by Crippen LogP contribution is 2.33. The lowest BCUT2D eigenvalue weighted by Gasteiger charge is -2.36. The summed E-state index contributed by atoms with van der Waals surface area (Å²) in [6.45, 7) is 3.27. The Morgan fingerprint density at radius 1 is 1.13 bits per heavy atom. The van der Waals surface area contributed by atoms with E-state index < -0.39 is 5.60 Å². The average Bonchev–Trinajstić information content (AvgIpc) is 3.36. The standard InChI is InChI=1S/C24H26N4O2/c1-24(15-20(26-30-24)17-9-4-3-5-10-17)23(29)28-14-8-11-18(16-28)22-25-19-12-6-7-13-21(19)27(22)2/h3-7,9-10,12-13,18H,8,11,14-16H2,1-2H3. The molecule has 3 heterocycles. The van der Waals surface area contributed by atoms with Gasteiger partial charge in [-0.15, -0.1) is 0 Å². The number of piperidine rings is 1. The molecule has 2 unspecified atom stereocenters. The fourth-order valence-corrected chi connectivity index (χ4v) is 4.68. The lowest BCUT2D eigenvalue weighted by Crippen LogP contribution is -2.50. The van der Waals surface area contributed by atoms with E-state index in [-0.39, 0.29) is 11.8 Å². The molecule has 2 aliphatic heterocycles. The first-order valence-electron chi connectivity index (χ1n) is 10.6. The summed E-state index contributed by atoms with van der Waals surface area (Å²) in [5.74, 6) is 1.28. The normalized spacial score (nSPS) is 24.0. The van der Waals surface area contributed by atoms with Crippen molar-refractivity contribution >= 4 is 22.7 Å². The zero-order valence-electron chi connectivity index (χ0n) is 17.4. The Bertz CT molecular complexity index is 1120. The van der Waals surface area contributed by atoms with E-state index in [2.05, 4.69) is 22.8 Å². The molecule has 0 aliphatic carbocycles. The fourth-order valence-electron chi connectivity index (χ4n) is 4.68. The van der Waals surface area contributed by atoms with Crippen LogP contribution in [0.15, 0.2) is 59.8 Å². The largest absolute Gasteiger partial charge is 0.379 e. The molecule has 6 nitrogen and oxygen atoms in total. The number of para-hydroxylation sites is 2. The highest BCUT2D eigenvalue weighted by atomic mass is 16.7. The Morgan fingerprint density at radius 2 is 1.90 bits per heavy atom. The second-order valence-electron chi connectivity index (χ2n) is 8.51. The first kappa shape index (κ1) is 18.9. The second kappa shape index (κ2) is 7.27. The first-order chi connectivity index (χ1) is 14.5. The van der Waals surface area contributed by atoms with Gasteiger partial charge in [0.2, 0.25) is 5.60 Å². The van der Waals surface area contributed by atoms with Gasteiger partial charge in [0.15, 0.2) is 0 Å². The molecule has 2 atom stereocenters. The van der Waals surface area contributed by atoms with Crippen LogP contribution in [-0.4, -0.2) is 44.8 Å². The van der Waals surface area contributed by atoms with Gasteiger partial charge >= 0.3 is 0 Å². The third kappa shape index (κ3) is 3.16. The van der Waals surface area contributed by atoms with Crippen LogP contribution >= 0.6 is 0 Å². The number of hydrogen-bond donors (Lipinski definition) is 0. The number of amides is 1. The summed E-state index contributed by atoms with van der Waals surface area (Å²) in [7, 11) is 2.06. The van der Waals surface area contributed by atoms with Gasteiger partial charge in [-0.05, 0) is 37.5 Å². The second-order valence-corrected chi connectivity index (χ2v) is 8.51. The van der Waals surface area contributed by atoms with Crippen molar-refractivity contribution in [2.75, 3.05) is 13.1 Å². The Kier molecular flexibility index (Phi) is 4.57. The molecule has 154 valence electrons. The van der Waals surface area contributed by atoms with Crippen LogP contribution in [0.1, 0.15) is 43.5 Å². The molecule has 1 saturated heterocycles. The SMILES string of the molecule is Cn1c(C2CCCN(C(=O)C3(C)CC(c4ccccc4)=NO3)C2)nc2ccccc21. The third-order valence-corrected chi connectivity index (χ3v) is 6.32. The van der Waals surface area contributed by atoms with Gasteiger partial charge in [0, 0.05) is 32.5 Å². The van der Waals surface area contributed by atoms with Crippen LogP contribution in [0, 0.1) is 0 Å². The van der Waals surface area contributed by atoms with Crippen molar-refractivity contribution in [2.45, 2.75) is 37.7 Å². The van der Waals surface area contributed by atoms with E-state index in [1.54, 1.807) is 0 Å². The summed E-state index contributed by atoms with van der Waals surface area (Å²) in [6, 6.07) is 18.1. The Balaban J connectivity index is 1.33. The van der Waals surface area contributed by atoms with Crippen molar-refractivity contribution in [3.05, 3.63) is 66.0 Å². The van der Waals surface area contributed by atoms with E-state index in [9.17, 15) is 4.79 Å². The van der Waals surface area contributed by atoms with Gasteiger partial charge in [-0.25, -0.2) is 4.98 Å². The Labute approximate surface area is 176 Å². The number of nitrogens with zero attached hydrogens (tertiary/aromatic N) is 4. The highest BCUT2D eigenvalue weighted by molar-refractivity contribution is 6.05. The van der Waals surface area contributed by atoms with Gasteiger partial charge < -0.3 is 14.3 Å². The number of imidazole rings is 1. The molecule has 3 aromatic rings. The maximum atomic E-state index is 13.4. The molecule has 0 bridgehead atoms. The minimum Gasteiger partial charge on any atom is -0.379 e. The molecular weight excluding hydrogens is 376 g/mol. The van der Waals surface area contributed by atoms with E-state index in [4.69, 9.17) is 9.82 Å². The molecule has 30 heavy (non-hydrogen) atoms. The van der Waals surface area contributed by atoms with E-state index in [1.165, 1.54) is 0 Å². The zero-order valence-corrected chi connectivity index (χ0v) is 17.4. The van der Waals surface area contributed by atoms with Crippen LogP contribution in [0.25, 0.3) is 11.0 Å².